The molecule has 1 aromatic carbocycles. The molecule has 1 aliphatic carbocycles. The smallest absolute Gasteiger partial charge is 0.223 e. The standard InChI is InChI=1S/C15H17F2NO3/c16-12-2-1-9(5-13(12)17)10-6-11(10)14(19)18-7-15(20)3-4-21-8-15/h1-2,5,10-11,20H,3-4,6-8H2,(H,18,19)/t10-,11-,15-/m1/s1. The quantitative estimate of drug-likeness (QED) is 0.881. The maximum absolute atomic E-state index is 13.2. The van der Waals surface area contributed by atoms with Crippen LogP contribution in [0.4, 0.5) is 8.78 Å². The van der Waals surface area contributed by atoms with E-state index in [1.54, 1.807) is 0 Å². The highest BCUT2D eigenvalue weighted by Gasteiger charge is 2.45. The lowest BCUT2D eigenvalue weighted by Crippen LogP contribution is -2.43. The number of ether oxygens (including phenoxy) is 1. The molecule has 0 unspecified atom stereocenters. The number of carbonyl (C=O) groups is 1. The van der Waals surface area contributed by atoms with Crippen LogP contribution in [0.25, 0.3) is 0 Å². The summed E-state index contributed by atoms with van der Waals surface area (Å²) < 4.78 is 31.2. The van der Waals surface area contributed by atoms with Gasteiger partial charge in [-0.3, -0.25) is 4.79 Å². The van der Waals surface area contributed by atoms with Crippen LogP contribution in [0.15, 0.2) is 18.2 Å². The van der Waals surface area contributed by atoms with Crippen molar-refractivity contribution in [1.29, 1.82) is 0 Å². The van der Waals surface area contributed by atoms with Crippen LogP contribution in [-0.4, -0.2) is 36.4 Å². The Morgan fingerprint density at radius 3 is 2.90 bits per heavy atom. The predicted molar refractivity (Wildman–Crippen MR) is 70.6 cm³/mol. The summed E-state index contributed by atoms with van der Waals surface area (Å²) in [6, 6.07) is 3.73. The van der Waals surface area contributed by atoms with Gasteiger partial charge in [-0.2, -0.15) is 0 Å². The van der Waals surface area contributed by atoms with Crippen molar-refractivity contribution in [2.24, 2.45) is 5.92 Å². The van der Waals surface area contributed by atoms with Crippen LogP contribution in [0, 0.1) is 17.6 Å². The summed E-state index contributed by atoms with van der Waals surface area (Å²) in [6.45, 7) is 0.880. The molecule has 4 nitrogen and oxygen atoms in total. The Morgan fingerprint density at radius 2 is 2.24 bits per heavy atom. The van der Waals surface area contributed by atoms with Gasteiger partial charge in [-0.1, -0.05) is 6.07 Å². The van der Waals surface area contributed by atoms with E-state index in [-0.39, 0.29) is 30.9 Å². The van der Waals surface area contributed by atoms with Gasteiger partial charge in [0, 0.05) is 25.5 Å². The number of aliphatic hydroxyl groups is 1. The van der Waals surface area contributed by atoms with E-state index in [1.807, 2.05) is 0 Å². The van der Waals surface area contributed by atoms with Crippen molar-refractivity contribution in [1.82, 2.24) is 5.32 Å². The molecule has 0 aromatic heterocycles. The Bertz CT molecular complexity index is 558. The molecule has 1 heterocycles. The van der Waals surface area contributed by atoms with E-state index in [0.717, 1.165) is 12.1 Å². The van der Waals surface area contributed by atoms with Crippen molar-refractivity contribution in [3.8, 4) is 0 Å². The molecule has 1 amide bonds. The molecule has 2 aliphatic rings. The fourth-order valence-electron chi connectivity index (χ4n) is 2.71. The number of benzene rings is 1. The van der Waals surface area contributed by atoms with E-state index in [4.69, 9.17) is 4.74 Å². The van der Waals surface area contributed by atoms with Gasteiger partial charge in [-0.05, 0) is 30.0 Å². The minimum absolute atomic E-state index is 0.0745. The van der Waals surface area contributed by atoms with Crippen molar-refractivity contribution in [3.05, 3.63) is 35.4 Å². The van der Waals surface area contributed by atoms with E-state index in [9.17, 15) is 18.7 Å². The minimum Gasteiger partial charge on any atom is -0.386 e. The van der Waals surface area contributed by atoms with Gasteiger partial charge in [0.05, 0.1) is 6.61 Å². The molecule has 6 heteroatoms. The van der Waals surface area contributed by atoms with E-state index in [0.29, 0.717) is 25.0 Å². The first-order chi connectivity index (χ1) is 9.98. The van der Waals surface area contributed by atoms with Gasteiger partial charge in [0.25, 0.3) is 0 Å². The van der Waals surface area contributed by atoms with Crippen molar-refractivity contribution < 1.29 is 23.4 Å². The van der Waals surface area contributed by atoms with Crippen LogP contribution in [0.2, 0.25) is 0 Å². The van der Waals surface area contributed by atoms with E-state index in [2.05, 4.69) is 5.32 Å². The Hall–Kier alpha value is -1.53. The van der Waals surface area contributed by atoms with Gasteiger partial charge in [0.15, 0.2) is 11.6 Å². The molecule has 1 saturated carbocycles. The van der Waals surface area contributed by atoms with Crippen LogP contribution in [0.1, 0.15) is 24.3 Å². The zero-order valence-corrected chi connectivity index (χ0v) is 11.4. The van der Waals surface area contributed by atoms with E-state index < -0.39 is 17.2 Å². The summed E-state index contributed by atoms with van der Waals surface area (Å²) in [5, 5.41) is 12.8. The Kier molecular flexibility index (Phi) is 3.67. The molecule has 1 aliphatic heterocycles. The van der Waals surface area contributed by atoms with Gasteiger partial charge in [0.2, 0.25) is 5.91 Å². The molecule has 1 saturated heterocycles. The third-order valence-corrected chi connectivity index (χ3v) is 4.17. The molecule has 2 fully saturated rings. The number of nitrogens with one attached hydrogen (secondary N) is 1. The van der Waals surface area contributed by atoms with Crippen LogP contribution >= 0.6 is 0 Å². The first-order valence-corrected chi connectivity index (χ1v) is 7.01. The highest BCUT2D eigenvalue weighted by molar-refractivity contribution is 5.82. The topological polar surface area (TPSA) is 58.6 Å². The average molecular weight is 297 g/mol. The lowest BCUT2D eigenvalue weighted by atomic mass is 10.0. The normalized spacial score (nSPS) is 31.2. The third-order valence-electron chi connectivity index (χ3n) is 4.17. The largest absolute Gasteiger partial charge is 0.386 e. The van der Waals surface area contributed by atoms with Gasteiger partial charge in [0.1, 0.15) is 5.60 Å². The molecule has 0 radical (unpaired) electrons. The zero-order chi connectivity index (χ0) is 15.0. The first-order valence-electron chi connectivity index (χ1n) is 7.01. The maximum Gasteiger partial charge on any atom is 0.223 e. The Balaban J connectivity index is 1.54. The number of halogens is 2. The number of rotatable bonds is 4. The first kappa shape index (κ1) is 14.4. The molecule has 0 spiro atoms. The lowest BCUT2D eigenvalue weighted by molar-refractivity contribution is -0.123. The van der Waals surface area contributed by atoms with Gasteiger partial charge < -0.3 is 15.2 Å². The monoisotopic (exact) mass is 297 g/mol. The van der Waals surface area contributed by atoms with Crippen LogP contribution in [-0.2, 0) is 9.53 Å². The highest BCUT2D eigenvalue weighted by atomic mass is 19.2. The van der Waals surface area contributed by atoms with Crippen LogP contribution in [0.3, 0.4) is 0 Å². The van der Waals surface area contributed by atoms with Gasteiger partial charge in [-0.25, -0.2) is 8.78 Å². The average Bonchev–Trinajstić information content (AvgIpc) is 3.15. The van der Waals surface area contributed by atoms with E-state index in [1.165, 1.54) is 6.07 Å². The van der Waals surface area contributed by atoms with Crippen LogP contribution in [0.5, 0.6) is 0 Å². The summed E-state index contributed by atoms with van der Waals surface area (Å²) in [7, 11) is 0. The summed E-state index contributed by atoms with van der Waals surface area (Å²) in [5.41, 5.74) is -0.348. The van der Waals surface area contributed by atoms with Gasteiger partial charge in [-0.15, -0.1) is 0 Å². The third kappa shape index (κ3) is 3.06. The fourth-order valence-corrected chi connectivity index (χ4v) is 2.71. The second kappa shape index (κ2) is 5.35. The van der Waals surface area contributed by atoms with Crippen molar-refractivity contribution in [2.45, 2.75) is 24.4 Å². The number of carbonyl (C=O) groups excluding carboxylic acids is 1. The molecular weight excluding hydrogens is 280 g/mol. The summed E-state index contributed by atoms with van der Waals surface area (Å²) in [4.78, 5) is 12.0. The van der Waals surface area contributed by atoms with Crippen molar-refractivity contribution in [2.75, 3.05) is 19.8 Å². The second-order valence-corrected chi connectivity index (χ2v) is 5.87. The number of hydrogen-bond donors (Lipinski definition) is 2. The fraction of sp³-hybridized carbons (Fsp3) is 0.533. The summed E-state index contributed by atoms with van der Waals surface area (Å²) in [6.07, 6.45) is 1.12. The molecular formula is C15H17F2NO3. The minimum atomic E-state index is -0.984. The lowest BCUT2D eigenvalue weighted by Gasteiger charge is -2.20. The molecule has 3 atom stereocenters. The molecule has 21 heavy (non-hydrogen) atoms. The number of amides is 1. The molecule has 114 valence electrons. The molecule has 2 N–H and O–H groups in total. The number of hydrogen-bond acceptors (Lipinski definition) is 3. The summed E-state index contributed by atoms with van der Waals surface area (Å²) >= 11 is 0. The summed E-state index contributed by atoms with van der Waals surface area (Å²) in [5.74, 6) is -2.25. The molecule has 1 aromatic rings. The molecule has 0 bridgehead atoms. The van der Waals surface area contributed by atoms with E-state index >= 15 is 0 Å². The Morgan fingerprint density at radius 1 is 1.43 bits per heavy atom. The van der Waals surface area contributed by atoms with Crippen molar-refractivity contribution in [3.63, 3.8) is 0 Å². The molecule has 3 rings (SSSR count). The maximum atomic E-state index is 13.2. The predicted octanol–water partition coefficient (Wildman–Crippen LogP) is 1.34. The van der Waals surface area contributed by atoms with Gasteiger partial charge >= 0.3 is 0 Å². The second-order valence-electron chi connectivity index (χ2n) is 5.87. The van der Waals surface area contributed by atoms with Crippen molar-refractivity contribution >= 4 is 5.91 Å². The van der Waals surface area contributed by atoms with Crippen LogP contribution < -0.4 is 5.32 Å². The zero-order valence-electron chi connectivity index (χ0n) is 11.4. The Labute approximate surface area is 121 Å². The highest BCUT2D eigenvalue weighted by Crippen LogP contribution is 2.47. The SMILES string of the molecule is O=C(NC[C@]1(O)CCOC1)[C@@H]1C[C@@H]1c1ccc(F)c(F)c1.